The third-order valence-corrected chi connectivity index (χ3v) is 7.71. The number of benzene rings is 3. The molecule has 3 unspecified atom stereocenters. The van der Waals surface area contributed by atoms with E-state index in [-0.39, 0.29) is 10.9 Å². The second-order valence-electron chi connectivity index (χ2n) is 11.0. The Morgan fingerprint density at radius 3 is 2.18 bits per heavy atom. The number of ether oxygens (including phenoxy) is 1. The van der Waals surface area contributed by atoms with Crippen LogP contribution in [0.5, 0.6) is 0 Å². The Hall–Kier alpha value is -4.16. The lowest BCUT2D eigenvalue weighted by atomic mass is 9.95. The Bertz CT molecular complexity index is 1530. The minimum atomic E-state index is -5.40. The van der Waals surface area contributed by atoms with E-state index >= 15 is 0 Å². The van der Waals surface area contributed by atoms with E-state index in [4.69, 9.17) is 5.73 Å². The number of thiol groups is 1. The lowest BCUT2D eigenvalue weighted by Gasteiger charge is -2.37. The first-order valence-electron chi connectivity index (χ1n) is 14.4. The number of alkyl halides is 3. The van der Waals surface area contributed by atoms with Gasteiger partial charge in [-0.1, -0.05) is 66.7 Å². The van der Waals surface area contributed by atoms with Gasteiger partial charge in [-0.05, 0) is 61.9 Å². The monoisotopic (exact) mass is 641 g/mol. The van der Waals surface area contributed by atoms with E-state index in [0.29, 0.717) is 36.1 Å². The minimum Gasteiger partial charge on any atom is -0.386 e. The molecule has 2 amide bonds. The number of aryl methyl sites for hydroxylation is 1. The second kappa shape index (κ2) is 14.3. The molecule has 12 heteroatoms. The Morgan fingerprint density at radius 2 is 1.60 bits per heavy atom. The molecule has 2 N–H and O–H groups in total. The largest absolute Gasteiger partial charge is 0.491 e. The summed E-state index contributed by atoms with van der Waals surface area (Å²) in [5.74, 6) is -5.26. The maximum Gasteiger partial charge on any atom is 0.491 e. The van der Waals surface area contributed by atoms with Crippen LogP contribution in [0.15, 0.2) is 78.9 Å². The van der Waals surface area contributed by atoms with Gasteiger partial charge in [0.1, 0.15) is 6.04 Å². The fourth-order valence-electron chi connectivity index (χ4n) is 5.47. The molecule has 0 saturated carbocycles. The summed E-state index contributed by atoms with van der Waals surface area (Å²) >= 11 is 4.22. The molecule has 0 aromatic heterocycles. The Morgan fingerprint density at radius 1 is 0.978 bits per heavy atom. The van der Waals surface area contributed by atoms with Crippen LogP contribution < -0.4 is 10.6 Å². The van der Waals surface area contributed by atoms with Crippen LogP contribution in [0.4, 0.5) is 18.9 Å². The summed E-state index contributed by atoms with van der Waals surface area (Å²) in [7, 11) is 0. The number of fused-ring (bicyclic) bond motifs is 1. The van der Waals surface area contributed by atoms with E-state index in [1.54, 1.807) is 86.6 Å². The normalized spacial score (nSPS) is 16.7. The summed E-state index contributed by atoms with van der Waals surface area (Å²) in [6.07, 6.45) is -4.34. The van der Waals surface area contributed by atoms with Gasteiger partial charge < -0.3 is 20.3 Å². The maximum absolute atomic E-state index is 14.8. The standard InChI is InChI=1S/C33H34F3N3O5S/c1-20(2)38-25-17-16-21(10-9-15-27(37)45)18-24(25)30(41)39(29(31(38)42)23-13-7-4-8-14-23)26(22-11-5-3-6-12-22)19-28(40)44-32(43)33(34,35)36/h3-8,11-14,16-18,20,26-27,29,45H,9-10,15,19,37H2,1-2H3. The van der Waals surface area contributed by atoms with Crippen molar-refractivity contribution < 1.29 is 37.1 Å². The molecule has 4 rings (SSSR count). The van der Waals surface area contributed by atoms with Crippen LogP contribution in [0.2, 0.25) is 0 Å². The Kier molecular flexibility index (Phi) is 10.7. The molecular weight excluding hydrogens is 607 g/mol. The molecule has 238 valence electrons. The smallest absolute Gasteiger partial charge is 0.386 e. The van der Waals surface area contributed by atoms with Gasteiger partial charge in [-0.3, -0.25) is 14.4 Å². The minimum absolute atomic E-state index is 0.184. The highest BCUT2D eigenvalue weighted by molar-refractivity contribution is 7.80. The van der Waals surface area contributed by atoms with Gasteiger partial charge in [-0.2, -0.15) is 25.8 Å². The van der Waals surface area contributed by atoms with Crippen molar-refractivity contribution in [3.8, 4) is 0 Å². The van der Waals surface area contributed by atoms with Gasteiger partial charge >= 0.3 is 18.1 Å². The average Bonchev–Trinajstić information content (AvgIpc) is 3.08. The predicted molar refractivity (Wildman–Crippen MR) is 165 cm³/mol. The number of halogens is 3. The van der Waals surface area contributed by atoms with Crippen LogP contribution in [-0.2, 0) is 25.5 Å². The number of amides is 2. The van der Waals surface area contributed by atoms with Crippen LogP contribution in [0.25, 0.3) is 0 Å². The highest BCUT2D eigenvalue weighted by atomic mass is 32.1. The first-order valence-corrected chi connectivity index (χ1v) is 14.9. The average molecular weight is 642 g/mol. The summed E-state index contributed by atoms with van der Waals surface area (Å²) in [6, 6.07) is 18.9. The van der Waals surface area contributed by atoms with Gasteiger partial charge in [0.25, 0.3) is 11.8 Å². The lowest BCUT2D eigenvalue weighted by Crippen LogP contribution is -2.46. The number of hydrogen-bond donors (Lipinski definition) is 2. The van der Waals surface area contributed by atoms with Crippen LogP contribution in [0, 0.1) is 0 Å². The summed E-state index contributed by atoms with van der Waals surface area (Å²) in [6.45, 7) is 3.61. The van der Waals surface area contributed by atoms with E-state index in [2.05, 4.69) is 17.4 Å². The van der Waals surface area contributed by atoms with Crippen molar-refractivity contribution >= 4 is 42.1 Å². The summed E-state index contributed by atoms with van der Waals surface area (Å²) < 4.78 is 43.1. The topological polar surface area (TPSA) is 110 Å². The van der Waals surface area contributed by atoms with E-state index in [9.17, 15) is 32.3 Å². The van der Waals surface area contributed by atoms with Crippen molar-refractivity contribution in [1.82, 2.24) is 4.90 Å². The number of carbonyl (C=O) groups excluding carboxylic acids is 4. The fraction of sp³-hybridized carbons (Fsp3) is 0.333. The first-order chi connectivity index (χ1) is 21.3. The molecule has 1 heterocycles. The second-order valence-corrected chi connectivity index (χ2v) is 11.7. The van der Waals surface area contributed by atoms with Gasteiger partial charge in [0.15, 0.2) is 0 Å². The van der Waals surface area contributed by atoms with E-state index in [1.807, 2.05) is 6.07 Å². The Labute approximate surface area is 264 Å². The SMILES string of the molecule is CC(C)N1C(=O)C(c2ccccc2)N(C(CC(=O)OC(=O)C(F)(F)F)c2ccccc2)C(=O)c2cc(CCCC(N)S)ccc21. The van der Waals surface area contributed by atoms with Gasteiger partial charge in [0.05, 0.1) is 23.7 Å². The zero-order valence-corrected chi connectivity index (χ0v) is 25.6. The zero-order chi connectivity index (χ0) is 32.9. The van der Waals surface area contributed by atoms with Crippen LogP contribution in [0.3, 0.4) is 0 Å². The molecule has 8 nitrogen and oxygen atoms in total. The maximum atomic E-state index is 14.8. The van der Waals surface area contributed by atoms with Crippen molar-refractivity contribution in [2.45, 2.75) is 69.2 Å². The number of anilines is 1. The van der Waals surface area contributed by atoms with Crippen LogP contribution >= 0.6 is 12.6 Å². The van der Waals surface area contributed by atoms with E-state index in [0.717, 1.165) is 5.56 Å². The molecule has 0 saturated heterocycles. The zero-order valence-electron chi connectivity index (χ0n) is 24.7. The number of nitrogens with two attached hydrogens (primary N) is 1. The number of rotatable bonds is 10. The van der Waals surface area contributed by atoms with Gasteiger partial charge in [-0.25, -0.2) is 4.79 Å². The molecule has 0 aliphatic carbocycles. The molecule has 3 atom stereocenters. The van der Waals surface area contributed by atoms with Crippen molar-refractivity contribution in [2.24, 2.45) is 5.73 Å². The predicted octanol–water partition coefficient (Wildman–Crippen LogP) is 5.93. The highest BCUT2D eigenvalue weighted by Crippen LogP contribution is 2.42. The van der Waals surface area contributed by atoms with Crippen molar-refractivity contribution in [3.63, 3.8) is 0 Å². The molecule has 3 aromatic carbocycles. The number of esters is 2. The third-order valence-electron chi connectivity index (χ3n) is 7.45. The molecular formula is C33H34F3N3O5S. The number of hydrogen-bond acceptors (Lipinski definition) is 7. The quantitative estimate of drug-likeness (QED) is 0.123. The van der Waals surface area contributed by atoms with Crippen molar-refractivity contribution in [1.29, 1.82) is 0 Å². The molecule has 1 aliphatic rings. The molecule has 0 fully saturated rings. The summed E-state index contributed by atoms with van der Waals surface area (Å²) in [5.41, 5.74) is 7.92. The first kappa shape index (κ1) is 33.7. The fourth-order valence-corrected chi connectivity index (χ4v) is 5.65. The van der Waals surface area contributed by atoms with Crippen molar-refractivity contribution in [3.05, 3.63) is 101 Å². The van der Waals surface area contributed by atoms with Crippen LogP contribution in [-0.4, -0.2) is 46.2 Å². The van der Waals surface area contributed by atoms with E-state index in [1.165, 1.54) is 9.80 Å². The number of carbonyl (C=O) groups is 4. The van der Waals surface area contributed by atoms with Gasteiger partial charge in [0, 0.05) is 11.4 Å². The molecule has 0 bridgehead atoms. The summed E-state index contributed by atoms with van der Waals surface area (Å²) in [5, 5.41) is -0.306. The van der Waals surface area contributed by atoms with Gasteiger partial charge in [0.2, 0.25) is 0 Å². The van der Waals surface area contributed by atoms with E-state index < -0.39 is 54.5 Å². The highest BCUT2D eigenvalue weighted by Gasteiger charge is 2.47. The molecule has 0 spiro atoms. The molecule has 45 heavy (non-hydrogen) atoms. The van der Waals surface area contributed by atoms with Crippen molar-refractivity contribution in [2.75, 3.05) is 4.90 Å². The number of nitrogens with zero attached hydrogens (tertiary/aromatic N) is 2. The third kappa shape index (κ3) is 7.93. The molecule has 3 aromatic rings. The van der Waals surface area contributed by atoms with Gasteiger partial charge in [-0.15, -0.1) is 0 Å². The lowest BCUT2D eigenvalue weighted by molar-refractivity contribution is -0.202. The van der Waals surface area contributed by atoms with Crippen LogP contribution in [0.1, 0.15) is 72.2 Å². The molecule has 0 radical (unpaired) electrons. The molecule has 1 aliphatic heterocycles. The Balaban J connectivity index is 1.91. The summed E-state index contributed by atoms with van der Waals surface area (Å²) in [4.78, 5) is 56.5.